The molecule has 0 saturated carbocycles. The summed E-state index contributed by atoms with van der Waals surface area (Å²) in [6.45, 7) is 6.31. The van der Waals surface area contributed by atoms with Crippen LogP contribution in [-0.4, -0.2) is 28.9 Å². The van der Waals surface area contributed by atoms with Gasteiger partial charge in [0.1, 0.15) is 5.82 Å². The molecule has 1 saturated heterocycles. The number of aryl methyl sites for hydroxylation is 1. The number of hydrogen-bond donors (Lipinski definition) is 2. The van der Waals surface area contributed by atoms with E-state index in [9.17, 15) is 9.18 Å². The molecule has 0 bridgehead atoms. The number of H-pyrrole nitrogens is 1. The third-order valence-corrected chi connectivity index (χ3v) is 5.97. The SMILES string of the molecule is CC(=O)NC1(c2ccc(F)cc2)CCN(Cc2[nH]c3ccccc3c2C)CC1. The first-order valence-electron chi connectivity index (χ1n) is 9.80. The highest BCUT2D eigenvalue weighted by Gasteiger charge is 2.37. The molecule has 28 heavy (non-hydrogen) atoms. The number of piperidine rings is 1. The minimum Gasteiger partial charge on any atom is -0.357 e. The molecule has 1 fully saturated rings. The normalized spacial score (nSPS) is 17.0. The number of aromatic nitrogens is 1. The molecule has 2 aromatic carbocycles. The van der Waals surface area contributed by atoms with Gasteiger partial charge in [0.05, 0.1) is 5.54 Å². The van der Waals surface area contributed by atoms with Gasteiger partial charge in [0, 0.05) is 43.2 Å². The lowest BCUT2D eigenvalue weighted by Crippen LogP contribution is -2.52. The number of rotatable bonds is 4. The Kier molecular flexibility index (Phi) is 4.94. The van der Waals surface area contributed by atoms with Crippen LogP contribution in [0, 0.1) is 12.7 Å². The molecular formula is C23H26FN3O. The Labute approximate surface area is 164 Å². The summed E-state index contributed by atoms with van der Waals surface area (Å²) in [5, 5.41) is 4.42. The Morgan fingerprint density at radius 2 is 1.82 bits per heavy atom. The van der Waals surface area contributed by atoms with Crippen LogP contribution in [0.5, 0.6) is 0 Å². The summed E-state index contributed by atoms with van der Waals surface area (Å²) in [6.07, 6.45) is 1.61. The van der Waals surface area contributed by atoms with Crippen LogP contribution < -0.4 is 5.32 Å². The predicted octanol–water partition coefficient (Wildman–Crippen LogP) is 4.24. The first kappa shape index (κ1) is 18.7. The maximum atomic E-state index is 13.4. The fraction of sp³-hybridized carbons (Fsp3) is 0.348. The monoisotopic (exact) mass is 379 g/mol. The average Bonchev–Trinajstić information content (AvgIpc) is 2.99. The second kappa shape index (κ2) is 7.40. The Morgan fingerprint density at radius 1 is 1.14 bits per heavy atom. The lowest BCUT2D eigenvalue weighted by molar-refractivity contribution is -0.121. The molecule has 1 amide bonds. The first-order valence-corrected chi connectivity index (χ1v) is 9.80. The Morgan fingerprint density at radius 3 is 2.46 bits per heavy atom. The second-order valence-electron chi connectivity index (χ2n) is 7.82. The molecule has 1 aromatic heterocycles. The zero-order valence-corrected chi connectivity index (χ0v) is 16.4. The van der Waals surface area contributed by atoms with Crippen molar-refractivity contribution in [1.29, 1.82) is 0 Å². The van der Waals surface area contributed by atoms with Crippen LogP contribution in [-0.2, 0) is 16.9 Å². The number of carbonyl (C=O) groups excluding carboxylic acids is 1. The molecule has 1 aliphatic rings. The quantitative estimate of drug-likeness (QED) is 0.712. The Balaban J connectivity index is 1.51. The number of amides is 1. The number of carbonyl (C=O) groups is 1. The fourth-order valence-electron chi connectivity index (χ4n) is 4.40. The van der Waals surface area contributed by atoms with E-state index in [0.717, 1.165) is 38.0 Å². The van der Waals surface area contributed by atoms with Crippen molar-refractivity contribution in [3.8, 4) is 0 Å². The largest absolute Gasteiger partial charge is 0.357 e. The third kappa shape index (κ3) is 3.54. The van der Waals surface area contributed by atoms with E-state index >= 15 is 0 Å². The molecule has 0 atom stereocenters. The zero-order chi connectivity index (χ0) is 19.7. The van der Waals surface area contributed by atoms with E-state index in [0.29, 0.717) is 0 Å². The average molecular weight is 379 g/mol. The smallest absolute Gasteiger partial charge is 0.217 e. The van der Waals surface area contributed by atoms with Crippen LogP contribution in [0.1, 0.15) is 36.6 Å². The molecule has 146 valence electrons. The van der Waals surface area contributed by atoms with Crippen molar-refractivity contribution in [3.05, 3.63) is 71.2 Å². The van der Waals surface area contributed by atoms with Crippen LogP contribution in [0.25, 0.3) is 10.9 Å². The van der Waals surface area contributed by atoms with Gasteiger partial charge in [0.2, 0.25) is 5.91 Å². The number of nitrogens with zero attached hydrogens (tertiary/aromatic N) is 1. The number of para-hydroxylation sites is 1. The summed E-state index contributed by atoms with van der Waals surface area (Å²) in [4.78, 5) is 17.8. The summed E-state index contributed by atoms with van der Waals surface area (Å²) >= 11 is 0. The summed E-state index contributed by atoms with van der Waals surface area (Å²) in [6, 6.07) is 14.9. The van der Waals surface area contributed by atoms with Crippen molar-refractivity contribution in [2.45, 2.75) is 38.8 Å². The van der Waals surface area contributed by atoms with Crippen LogP contribution >= 0.6 is 0 Å². The van der Waals surface area contributed by atoms with E-state index in [1.165, 1.54) is 34.3 Å². The van der Waals surface area contributed by atoms with Crippen LogP contribution in [0.15, 0.2) is 48.5 Å². The van der Waals surface area contributed by atoms with Crippen molar-refractivity contribution >= 4 is 16.8 Å². The van der Waals surface area contributed by atoms with Gasteiger partial charge in [-0.3, -0.25) is 9.69 Å². The molecule has 0 unspecified atom stereocenters. The molecule has 2 N–H and O–H groups in total. The highest BCUT2D eigenvalue weighted by molar-refractivity contribution is 5.84. The van der Waals surface area contributed by atoms with E-state index in [-0.39, 0.29) is 11.7 Å². The standard InChI is InChI=1S/C23H26FN3O/c1-16-20-5-3-4-6-21(20)25-22(16)15-27-13-11-23(12-14-27,26-17(2)28)18-7-9-19(24)10-8-18/h3-10,25H,11-15H2,1-2H3,(H,26,28). The number of hydrogen-bond acceptors (Lipinski definition) is 2. The van der Waals surface area contributed by atoms with Crippen molar-refractivity contribution in [3.63, 3.8) is 0 Å². The number of nitrogens with one attached hydrogen (secondary N) is 2. The van der Waals surface area contributed by atoms with Gasteiger partial charge in [-0.1, -0.05) is 30.3 Å². The topological polar surface area (TPSA) is 48.1 Å². The Bertz CT molecular complexity index is 985. The molecule has 0 aliphatic carbocycles. The first-order chi connectivity index (χ1) is 13.5. The molecule has 4 rings (SSSR count). The minimum atomic E-state index is -0.425. The van der Waals surface area contributed by atoms with Crippen molar-refractivity contribution in [2.24, 2.45) is 0 Å². The molecule has 4 nitrogen and oxygen atoms in total. The van der Waals surface area contributed by atoms with E-state index in [1.807, 2.05) is 6.07 Å². The minimum absolute atomic E-state index is 0.0516. The molecule has 0 spiro atoms. The number of halogens is 1. The maximum Gasteiger partial charge on any atom is 0.217 e. The predicted molar refractivity (Wildman–Crippen MR) is 109 cm³/mol. The number of likely N-dealkylation sites (tertiary alicyclic amines) is 1. The number of benzene rings is 2. The van der Waals surface area contributed by atoms with Gasteiger partial charge in [-0.05, 0) is 49.1 Å². The van der Waals surface area contributed by atoms with E-state index in [4.69, 9.17) is 0 Å². The van der Waals surface area contributed by atoms with Gasteiger partial charge < -0.3 is 10.3 Å². The van der Waals surface area contributed by atoms with Gasteiger partial charge in [-0.2, -0.15) is 0 Å². The fourth-order valence-corrected chi connectivity index (χ4v) is 4.40. The van der Waals surface area contributed by atoms with Gasteiger partial charge in [0.25, 0.3) is 0 Å². The number of fused-ring (bicyclic) bond motifs is 1. The highest BCUT2D eigenvalue weighted by Crippen LogP contribution is 2.34. The lowest BCUT2D eigenvalue weighted by atomic mass is 9.80. The molecule has 1 aliphatic heterocycles. The third-order valence-electron chi connectivity index (χ3n) is 5.97. The molecule has 2 heterocycles. The molecule has 0 radical (unpaired) electrons. The summed E-state index contributed by atoms with van der Waals surface area (Å²) in [5.74, 6) is -0.308. The Hall–Kier alpha value is -2.66. The molecular weight excluding hydrogens is 353 g/mol. The second-order valence-corrected chi connectivity index (χ2v) is 7.82. The molecule has 5 heteroatoms. The van der Waals surface area contributed by atoms with Gasteiger partial charge in [-0.25, -0.2) is 4.39 Å². The van der Waals surface area contributed by atoms with Crippen molar-refractivity contribution in [1.82, 2.24) is 15.2 Å². The van der Waals surface area contributed by atoms with Crippen LogP contribution in [0.3, 0.4) is 0 Å². The van der Waals surface area contributed by atoms with E-state index < -0.39 is 5.54 Å². The highest BCUT2D eigenvalue weighted by atomic mass is 19.1. The summed E-state index contributed by atoms with van der Waals surface area (Å²) < 4.78 is 13.4. The lowest BCUT2D eigenvalue weighted by Gasteiger charge is -2.42. The van der Waals surface area contributed by atoms with Crippen LogP contribution in [0.2, 0.25) is 0 Å². The molecule has 3 aromatic rings. The van der Waals surface area contributed by atoms with E-state index in [1.54, 1.807) is 19.1 Å². The maximum absolute atomic E-state index is 13.4. The zero-order valence-electron chi connectivity index (χ0n) is 16.4. The van der Waals surface area contributed by atoms with Crippen LogP contribution in [0.4, 0.5) is 4.39 Å². The van der Waals surface area contributed by atoms with E-state index in [2.05, 4.69) is 40.3 Å². The summed E-state index contributed by atoms with van der Waals surface area (Å²) in [5.41, 5.74) is 4.27. The number of aromatic amines is 1. The van der Waals surface area contributed by atoms with Crippen molar-refractivity contribution < 1.29 is 9.18 Å². The van der Waals surface area contributed by atoms with Gasteiger partial charge in [0.15, 0.2) is 0 Å². The van der Waals surface area contributed by atoms with Gasteiger partial charge >= 0.3 is 0 Å². The van der Waals surface area contributed by atoms with Crippen molar-refractivity contribution in [2.75, 3.05) is 13.1 Å². The van der Waals surface area contributed by atoms with Gasteiger partial charge in [-0.15, -0.1) is 0 Å². The summed E-state index contributed by atoms with van der Waals surface area (Å²) in [7, 11) is 0.